The quantitative estimate of drug-likeness (QED) is 0.856. The van der Waals surface area contributed by atoms with Crippen molar-refractivity contribution in [1.29, 1.82) is 0 Å². The van der Waals surface area contributed by atoms with Crippen molar-refractivity contribution in [3.63, 3.8) is 0 Å². The van der Waals surface area contributed by atoms with Crippen LogP contribution in [0, 0.1) is 5.82 Å². The van der Waals surface area contributed by atoms with Crippen molar-refractivity contribution in [3.8, 4) is 5.69 Å². The number of halogens is 1. The number of hydrogen-bond acceptors (Lipinski definition) is 3. The van der Waals surface area contributed by atoms with Crippen LogP contribution in [-0.4, -0.2) is 32.6 Å². The van der Waals surface area contributed by atoms with E-state index in [1.165, 1.54) is 35.1 Å². The third kappa shape index (κ3) is 2.38. The molecule has 0 aliphatic rings. The van der Waals surface area contributed by atoms with Crippen molar-refractivity contribution in [2.24, 2.45) is 0 Å². The van der Waals surface area contributed by atoms with E-state index in [0.717, 1.165) is 0 Å². The van der Waals surface area contributed by atoms with E-state index in [0.29, 0.717) is 11.3 Å². The summed E-state index contributed by atoms with van der Waals surface area (Å²) in [7, 11) is 0. The minimum atomic E-state index is -1.15. The average molecular weight is 250 g/mol. The van der Waals surface area contributed by atoms with Crippen LogP contribution in [-0.2, 0) is 6.42 Å². The predicted molar refractivity (Wildman–Crippen MR) is 61.3 cm³/mol. The summed E-state index contributed by atoms with van der Waals surface area (Å²) in [4.78, 5) is 11.0. The Labute approximate surface area is 102 Å². The number of hydrogen-bond donors (Lipinski definition) is 2. The Balaban J connectivity index is 2.42. The van der Waals surface area contributed by atoms with Crippen LogP contribution >= 0.6 is 0 Å². The smallest absolute Gasteiger partial charge is 0.356 e. The Kier molecular flexibility index (Phi) is 3.38. The topological polar surface area (TPSA) is 75.3 Å². The zero-order valence-electron chi connectivity index (χ0n) is 9.38. The zero-order chi connectivity index (χ0) is 13.1. The lowest BCUT2D eigenvalue weighted by atomic mass is 10.2. The van der Waals surface area contributed by atoms with Gasteiger partial charge in [-0.2, -0.15) is 5.10 Å². The molecule has 0 spiro atoms. The average Bonchev–Trinajstić information content (AvgIpc) is 2.75. The van der Waals surface area contributed by atoms with Gasteiger partial charge in [0.15, 0.2) is 5.69 Å². The standard InChI is InChI=1S/C12H11FN2O3/c13-9-1-3-10(4-2-9)15-7-8(5-6-16)11(14-15)12(17)18/h1-4,7,16H,5-6H2,(H,17,18). The molecule has 0 amide bonds. The van der Waals surface area contributed by atoms with Crippen LogP contribution in [0.1, 0.15) is 16.1 Å². The van der Waals surface area contributed by atoms with E-state index in [1.54, 1.807) is 0 Å². The summed E-state index contributed by atoms with van der Waals surface area (Å²) in [6, 6.07) is 5.53. The second kappa shape index (κ2) is 4.97. The molecule has 1 aromatic heterocycles. The number of carbonyl (C=O) groups is 1. The van der Waals surface area contributed by atoms with Crippen LogP contribution in [0.3, 0.4) is 0 Å². The van der Waals surface area contributed by atoms with Crippen LogP contribution in [0.25, 0.3) is 5.69 Å². The molecule has 0 aliphatic carbocycles. The third-order valence-corrected chi connectivity index (χ3v) is 2.46. The molecule has 0 saturated heterocycles. The van der Waals surface area contributed by atoms with Crippen molar-refractivity contribution in [1.82, 2.24) is 9.78 Å². The van der Waals surface area contributed by atoms with Gasteiger partial charge in [0.2, 0.25) is 0 Å². The number of benzene rings is 1. The number of aliphatic hydroxyl groups excluding tert-OH is 1. The summed E-state index contributed by atoms with van der Waals surface area (Å²) >= 11 is 0. The molecule has 0 radical (unpaired) electrons. The van der Waals surface area contributed by atoms with Gasteiger partial charge in [-0.05, 0) is 30.7 Å². The summed E-state index contributed by atoms with van der Waals surface area (Å²) in [5.74, 6) is -1.53. The van der Waals surface area contributed by atoms with Crippen molar-refractivity contribution in [3.05, 3.63) is 47.5 Å². The molecule has 0 saturated carbocycles. The molecular formula is C12H11FN2O3. The monoisotopic (exact) mass is 250 g/mol. The third-order valence-electron chi connectivity index (χ3n) is 2.46. The van der Waals surface area contributed by atoms with Gasteiger partial charge >= 0.3 is 5.97 Å². The van der Waals surface area contributed by atoms with Crippen LogP contribution in [0.5, 0.6) is 0 Å². The number of carboxylic acids is 1. The first-order valence-corrected chi connectivity index (χ1v) is 5.30. The predicted octanol–water partition coefficient (Wildman–Crippen LogP) is 1.24. The fourth-order valence-electron chi connectivity index (χ4n) is 1.62. The van der Waals surface area contributed by atoms with Gasteiger partial charge in [-0.3, -0.25) is 0 Å². The van der Waals surface area contributed by atoms with Crippen LogP contribution in [0.15, 0.2) is 30.5 Å². The minimum absolute atomic E-state index is 0.103. The Bertz CT molecular complexity index is 563. The number of aromatic nitrogens is 2. The maximum absolute atomic E-state index is 12.8. The molecule has 0 fully saturated rings. The van der Waals surface area contributed by atoms with E-state index in [1.807, 2.05) is 0 Å². The first-order valence-electron chi connectivity index (χ1n) is 5.30. The fraction of sp³-hybridized carbons (Fsp3) is 0.167. The molecule has 2 N–H and O–H groups in total. The van der Waals surface area contributed by atoms with Crippen LogP contribution in [0.4, 0.5) is 4.39 Å². The highest BCUT2D eigenvalue weighted by Gasteiger charge is 2.15. The largest absolute Gasteiger partial charge is 0.476 e. The fourth-order valence-corrected chi connectivity index (χ4v) is 1.62. The second-order valence-electron chi connectivity index (χ2n) is 3.70. The van der Waals surface area contributed by atoms with Crippen LogP contribution in [0.2, 0.25) is 0 Å². The highest BCUT2D eigenvalue weighted by molar-refractivity contribution is 5.87. The number of carboxylic acid groups (broad SMARTS) is 1. The molecule has 0 atom stereocenters. The van der Waals surface area contributed by atoms with E-state index in [-0.39, 0.29) is 24.5 Å². The minimum Gasteiger partial charge on any atom is -0.476 e. The van der Waals surface area contributed by atoms with Crippen molar-refractivity contribution < 1.29 is 19.4 Å². The van der Waals surface area contributed by atoms with E-state index >= 15 is 0 Å². The van der Waals surface area contributed by atoms with Gasteiger partial charge in [-0.15, -0.1) is 0 Å². The van der Waals surface area contributed by atoms with Gasteiger partial charge in [-0.25, -0.2) is 13.9 Å². The van der Waals surface area contributed by atoms with E-state index < -0.39 is 5.97 Å². The lowest BCUT2D eigenvalue weighted by molar-refractivity contribution is 0.0688. The second-order valence-corrected chi connectivity index (χ2v) is 3.70. The highest BCUT2D eigenvalue weighted by Crippen LogP contribution is 2.13. The maximum atomic E-state index is 12.8. The molecule has 0 unspecified atom stereocenters. The molecule has 5 nitrogen and oxygen atoms in total. The van der Waals surface area contributed by atoms with Gasteiger partial charge in [0.25, 0.3) is 0 Å². The summed E-state index contributed by atoms with van der Waals surface area (Å²) in [5.41, 5.74) is 0.894. The lowest BCUT2D eigenvalue weighted by Gasteiger charge is -1.99. The molecule has 6 heteroatoms. The summed E-state index contributed by atoms with van der Waals surface area (Å²) in [6.45, 7) is -0.157. The van der Waals surface area contributed by atoms with E-state index in [2.05, 4.69) is 5.10 Å². The lowest BCUT2D eigenvalue weighted by Crippen LogP contribution is -2.03. The van der Waals surface area contributed by atoms with Gasteiger partial charge in [0.05, 0.1) is 5.69 Å². The van der Waals surface area contributed by atoms with Gasteiger partial charge in [-0.1, -0.05) is 0 Å². The molecule has 0 aliphatic heterocycles. The number of nitrogens with zero attached hydrogens (tertiary/aromatic N) is 2. The maximum Gasteiger partial charge on any atom is 0.356 e. The Morgan fingerprint density at radius 3 is 2.56 bits per heavy atom. The van der Waals surface area contributed by atoms with Gasteiger partial charge in [0.1, 0.15) is 5.82 Å². The molecule has 1 heterocycles. The summed E-state index contributed by atoms with van der Waals surface area (Å²) in [5, 5.41) is 21.8. The van der Waals surface area contributed by atoms with Crippen molar-refractivity contribution in [2.45, 2.75) is 6.42 Å². The molecular weight excluding hydrogens is 239 g/mol. The molecule has 94 valence electrons. The summed E-state index contributed by atoms with van der Waals surface area (Å²) in [6.07, 6.45) is 1.73. The van der Waals surface area contributed by atoms with Gasteiger partial charge < -0.3 is 10.2 Å². The normalized spacial score (nSPS) is 10.6. The number of aliphatic hydroxyl groups is 1. The first-order chi connectivity index (χ1) is 8.61. The SMILES string of the molecule is O=C(O)c1nn(-c2ccc(F)cc2)cc1CCO. The molecule has 1 aromatic carbocycles. The number of aromatic carboxylic acids is 1. The summed E-state index contributed by atoms with van der Waals surface area (Å²) < 4.78 is 14.1. The zero-order valence-corrected chi connectivity index (χ0v) is 9.38. The van der Waals surface area contributed by atoms with E-state index in [9.17, 15) is 9.18 Å². The van der Waals surface area contributed by atoms with Gasteiger partial charge in [0, 0.05) is 18.4 Å². The first kappa shape index (κ1) is 12.3. The van der Waals surface area contributed by atoms with Crippen molar-refractivity contribution in [2.75, 3.05) is 6.61 Å². The Morgan fingerprint density at radius 2 is 2.00 bits per heavy atom. The molecule has 18 heavy (non-hydrogen) atoms. The Hall–Kier alpha value is -2.21. The van der Waals surface area contributed by atoms with Crippen molar-refractivity contribution >= 4 is 5.97 Å². The molecule has 2 aromatic rings. The molecule has 2 rings (SSSR count). The van der Waals surface area contributed by atoms with E-state index in [4.69, 9.17) is 10.2 Å². The van der Waals surface area contributed by atoms with Crippen LogP contribution < -0.4 is 0 Å². The Morgan fingerprint density at radius 1 is 1.33 bits per heavy atom. The number of rotatable bonds is 4. The molecule has 0 bridgehead atoms. The highest BCUT2D eigenvalue weighted by atomic mass is 19.1.